The summed E-state index contributed by atoms with van der Waals surface area (Å²) in [5.41, 5.74) is 0. The lowest BCUT2D eigenvalue weighted by Crippen LogP contribution is -2.35. The fourth-order valence-corrected chi connectivity index (χ4v) is 2.72. The number of nitrogens with one attached hydrogen (secondary N) is 1. The van der Waals surface area contributed by atoms with Crippen LogP contribution in [0.3, 0.4) is 0 Å². The number of hydrogen-bond acceptors (Lipinski definition) is 4. The Morgan fingerprint density at radius 1 is 1.50 bits per heavy atom. The first-order chi connectivity index (χ1) is 7.46. The monoisotopic (exact) mass is 261 g/mol. The molecule has 0 fully saturated rings. The molecule has 0 spiro atoms. The topological polar surface area (TPSA) is 76.4 Å². The summed E-state index contributed by atoms with van der Waals surface area (Å²) in [7, 11) is -3.17. The number of carbonyl (C=O) groups excluding carboxylic acids is 1. The molecule has 0 saturated heterocycles. The third-order valence-corrected chi connectivity index (χ3v) is 3.64. The Morgan fingerprint density at radius 3 is 2.75 bits per heavy atom. The second-order valence-electron chi connectivity index (χ2n) is 3.34. The van der Waals surface area contributed by atoms with E-state index in [4.69, 9.17) is 16.0 Å². The summed E-state index contributed by atoms with van der Waals surface area (Å²) >= 11 is 5.51. The van der Waals surface area contributed by atoms with Crippen molar-refractivity contribution in [1.82, 2.24) is 5.32 Å². The minimum absolute atomic E-state index is 0.0581. The van der Waals surface area contributed by atoms with Crippen LogP contribution in [0.1, 0.15) is 10.6 Å². The number of rotatable bonds is 2. The van der Waals surface area contributed by atoms with Crippen LogP contribution in [0.25, 0.3) is 0 Å². The summed E-state index contributed by atoms with van der Waals surface area (Å²) in [6, 6.07) is 2.35. The van der Waals surface area contributed by atoms with Crippen LogP contribution in [0, 0.1) is 0 Å². The predicted molar refractivity (Wildman–Crippen MR) is 57.9 cm³/mol. The van der Waals surface area contributed by atoms with Crippen molar-refractivity contribution < 1.29 is 17.6 Å². The molecule has 1 amide bonds. The van der Waals surface area contributed by atoms with E-state index >= 15 is 0 Å². The summed E-state index contributed by atoms with van der Waals surface area (Å²) < 4.78 is 27.0. The van der Waals surface area contributed by atoms with Crippen LogP contribution >= 0.6 is 11.6 Å². The van der Waals surface area contributed by atoms with Crippen molar-refractivity contribution in [2.75, 3.05) is 5.75 Å². The van der Waals surface area contributed by atoms with Gasteiger partial charge in [0.15, 0.2) is 20.8 Å². The van der Waals surface area contributed by atoms with Crippen LogP contribution in [0.4, 0.5) is 0 Å². The summed E-state index contributed by atoms with van der Waals surface area (Å²) in [6.45, 7) is 0. The Kier molecular flexibility index (Phi) is 2.77. The van der Waals surface area contributed by atoms with Gasteiger partial charge in [-0.1, -0.05) is 0 Å². The SMILES string of the molecule is O=C(NC1C=CS(=O)(=O)C1)c1ccc(Cl)o1. The number of sulfone groups is 1. The maximum absolute atomic E-state index is 11.5. The first-order valence-electron chi connectivity index (χ1n) is 4.43. The van der Waals surface area contributed by atoms with Crippen molar-refractivity contribution in [3.63, 3.8) is 0 Å². The zero-order chi connectivity index (χ0) is 11.8. The molecular formula is C9H8ClNO4S. The summed E-state index contributed by atoms with van der Waals surface area (Å²) in [4.78, 5) is 11.5. The first-order valence-corrected chi connectivity index (χ1v) is 6.53. The van der Waals surface area contributed by atoms with Crippen molar-refractivity contribution in [3.05, 3.63) is 34.6 Å². The molecule has 1 aliphatic rings. The number of carbonyl (C=O) groups is 1. The summed E-state index contributed by atoms with van der Waals surface area (Å²) in [6.07, 6.45) is 1.43. The van der Waals surface area contributed by atoms with Crippen molar-refractivity contribution in [2.45, 2.75) is 6.04 Å². The molecule has 2 rings (SSSR count). The fourth-order valence-electron chi connectivity index (χ4n) is 1.34. The van der Waals surface area contributed by atoms with Gasteiger partial charge in [-0.15, -0.1) is 0 Å². The molecule has 1 unspecified atom stereocenters. The zero-order valence-electron chi connectivity index (χ0n) is 8.01. The highest BCUT2D eigenvalue weighted by atomic mass is 35.5. The Hall–Kier alpha value is -1.27. The van der Waals surface area contributed by atoms with Gasteiger partial charge in [0.05, 0.1) is 11.8 Å². The largest absolute Gasteiger partial charge is 0.440 e. The minimum Gasteiger partial charge on any atom is -0.440 e. The number of amides is 1. The molecule has 5 nitrogen and oxygen atoms in total. The van der Waals surface area contributed by atoms with E-state index in [0.717, 1.165) is 5.41 Å². The van der Waals surface area contributed by atoms with Gasteiger partial charge < -0.3 is 9.73 Å². The Bertz CT molecular complexity index is 546. The normalized spacial score (nSPS) is 22.2. The van der Waals surface area contributed by atoms with Gasteiger partial charge in [0.1, 0.15) is 0 Å². The lowest BCUT2D eigenvalue weighted by molar-refractivity contribution is 0.0920. The van der Waals surface area contributed by atoms with E-state index in [1.54, 1.807) is 0 Å². The smallest absolute Gasteiger partial charge is 0.287 e. The average Bonchev–Trinajstić information content (AvgIpc) is 2.73. The van der Waals surface area contributed by atoms with Gasteiger partial charge in [0.2, 0.25) is 0 Å². The van der Waals surface area contributed by atoms with E-state index in [1.807, 2.05) is 0 Å². The molecule has 2 heterocycles. The number of hydrogen-bond donors (Lipinski definition) is 1. The molecule has 1 aromatic heterocycles. The molecule has 0 aliphatic carbocycles. The highest BCUT2D eigenvalue weighted by molar-refractivity contribution is 7.94. The molecule has 0 saturated carbocycles. The van der Waals surface area contributed by atoms with Gasteiger partial charge in [-0.3, -0.25) is 4.79 Å². The number of furan rings is 1. The predicted octanol–water partition coefficient (Wildman–Crippen LogP) is 0.974. The van der Waals surface area contributed by atoms with Crippen LogP contribution in [0.15, 0.2) is 28.0 Å². The van der Waals surface area contributed by atoms with Crippen molar-refractivity contribution in [1.29, 1.82) is 0 Å². The first kappa shape index (κ1) is 11.2. The lowest BCUT2D eigenvalue weighted by Gasteiger charge is -2.07. The Balaban J connectivity index is 2.02. The van der Waals surface area contributed by atoms with E-state index in [2.05, 4.69) is 5.32 Å². The van der Waals surface area contributed by atoms with E-state index in [0.29, 0.717) is 0 Å². The van der Waals surface area contributed by atoms with E-state index < -0.39 is 21.8 Å². The Labute approximate surface area is 97.0 Å². The van der Waals surface area contributed by atoms with Gasteiger partial charge >= 0.3 is 0 Å². The van der Waals surface area contributed by atoms with Crippen molar-refractivity contribution in [2.24, 2.45) is 0 Å². The van der Waals surface area contributed by atoms with Gasteiger partial charge in [-0.25, -0.2) is 8.42 Å². The maximum atomic E-state index is 11.5. The highest BCUT2D eigenvalue weighted by Gasteiger charge is 2.24. The maximum Gasteiger partial charge on any atom is 0.287 e. The molecule has 0 aromatic carbocycles. The molecular weight excluding hydrogens is 254 g/mol. The fraction of sp³-hybridized carbons (Fsp3) is 0.222. The van der Waals surface area contributed by atoms with E-state index in [9.17, 15) is 13.2 Å². The number of halogens is 1. The average molecular weight is 262 g/mol. The molecule has 86 valence electrons. The minimum atomic E-state index is -3.17. The molecule has 1 aromatic rings. The molecule has 1 N–H and O–H groups in total. The lowest BCUT2D eigenvalue weighted by atomic mass is 10.3. The quantitative estimate of drug-likeness (QED) is 0.861. The molecule has 1 aliphatic heterocycles. The van der Waals surface area contributed by atoms with Crippen LogP contribution in [0.2, 0.25) is 5.22 Å². The van der Waals surface area contributed by atoms with Crippen LogP contribution < -0.4 is 5.32 Å². The van der Waals surface area contributed by atoms with Crippen LogP contribution in [0.5, 0.6) is 0 Å². The Morgan fingerprint density at radius 2 is 2.25 bits per heavy atom. The molecule has 16 heavy (non-hydrogen) atoms. The molecule has 0 bridgehead atoms. The van der Waals surface area contributed by atoms with Gasteiger partial charge in [0.25, 0.3) is 5.91 Å². The molecule has 0 radical (unpaired) electrons. The van der Waals surface area contributed by atoms with E-state index in [1.165, 1.54) is 18.2 Å². The third kappa shape index (κ3) is 2.45. The summed E-state index contributed by atoms with van der Waals surface area (Å²) in [5, 5.41) is 3.71. The van der Waals surface area contributed by atoms with Gasteiger partial charge in [-0.2, -0.15) is 0 Å². The molecule has 1 atom stereocenters. The van der Waals surface area contributed by atoms with Crippen molar-refractivity contribution >= 4 is 27.3 Å². The van der Waals surface area contributed by atoms with E-state index in [-0.39, 0.29) is 16.7 Å². The second-order valence-corrected chi connectivity index (χ2v) is 5.65. The van der Waals surface area contributed by atoms with Gasteiger partial charge in [-0.05, 0) is 29.8 Å². The third-order valence-electron chi connectivity index (χ3n) is 2.04. The second kappa shape index (κ2) is 3.95. The van der Waals surface area contributed by atoms with Crippen LogP contribution in [-0.2, 0) is 9.84 Å². The van der Waals surface area contributed by atoms with Crippen molar-refractivity contribution in [3.8, 4) is 0 Å². The van der Waals surface area contributed by atoms with Gasteiger partial charge in [0, 0.05) is 5.41 Å². The summed E-state index contributed by atoms with van der Waals surface area (Å²) in [5.74, 6) is -0.547. The zero-order valence-corrected chi connectivity index (χ0v) is 9.59. The standard InChI is InChI=1S/C9H8ClNO4S/c10-8-2-1-7(15-8)9(12)11-6-3-4-16(13,14)5-6/h1-4,6H,5H2,(H,11,12). The van der Waals surface area contributed by atoms with Crippen LogP contribution in [-0.4, -0.2) is 26.1 Å². The highest BCUT2D eigenvalue weighted by Crippen LogP contribution is 2.14. The molecule has 7 heteroatoms.